The van der Waals surface area contributed by atoms with Crippen molar-refractivity contribution in [2.45, 2.75) is 52.1 Å². The van der Waals surface area contributed by atoms with Gasteiger partial charge in [-0.25, -0.2) is 0 Å². The SMILES string of the molecule is Cc1cccc(C)c1CNC1CCCCC1CCl. The largest absolute Gasteiger partial charge is 0.310 e. The molecule has 0 radical (unpaired) electrons. The lowest BCUT2D eigenvalue weighted by Crippen LogP contribution is -2.39. The molecule has 1 nitrogen and oxygen atoms in total. The van der Waals surface area contributed by atoms with Gasteiger partial charge < -0.3 is 5.32 Å². The van der Waals surface area contributed by atoms with Crippen molar-refractivity contribution < 1.29 is 0 Å². The molecular formula is C16H24ClN. The minimum atomic E-state index is 0.607. The second-order valence-corrected chi connectivity index (χ2v) is 5.87. The number of aryl methyl sites for hydroxylation is 2. The average molecular weight is 266 g/mol. The first-order chi connectivity index (χ1) is 8.72. The van der Waals surface area contributed by atoms with Crippen molar-refractivity contribution in [1.82, 2.24) is 5.32 Å². The molecule has 2 unspecified atom stereocenters. The van der Waals surface area contributed by atoms with Gasteiger partial charge in [-0.2, -0.15) is 0 Å². The fourth-order valence-corrected chi connectivity index (χ4v) is 3.39. The van der Waals surface area contributed by atoms with Gasteiger partial charge in [0.05, 0.1) is 0 Å². The van der Waals surface area contributed by atoms with Gasteiger partial charge in [0.15, 0.2) is 0 Å². The van der Waals surface area contributed by atoms with E-state index in [2.05, 4.69) is 37.4 Å². The van der Waals surface area contributed by atoms with Crippen LogP contribution in [0.2, 0.25) is 0 Å². The second kappa shape index (κ2) is 6.58. The lowest BCUT2D eigenvalue weighted by atomic mass is 9.85. The molecule has 1 aliphatic rings. The number of benzene rings is 1. The summed E-state index contributed by atoms with van der Waals surface area (Å²) in [5, 5.41) is 3.74. The van der Waals surface area contributed by atoms with Crippen molar-refractivity contribution >= 4 is 11.6 Å². The number of halogens is 1. The van der Waals surface area contributed by atoms with Crippen LogP contribution < -0.4 is 5.32 Å². The first-order valence-corrected chi connectivity index (χ1v) is 7.60. The number of nitrogens with one attached hydrogen (secondary N) is 1. The van der Waals surface area contributed by atoms with E-state index in [1.807, 2.05) is 0 Å². The smallest absolute Gasteiger partial charge is 0.0266 e. The summed E-state index contributed by atoms with van der Waals surface area (Å²) in [5.74, 6) is 1.45. The molecule has 1 aliphatic carbocycles. The maximum absolute atomic E-state index is 6.08. The van der Waals surface area contributed by atoms with Crippen molar-refractivity contribution in [2.24, 2.45) is 5.92 Å². The number of rotatable bonds is 4. The molecular weight excluding hydrogens is 242 g/mol. The van der Waals surface area contributed by atoms with Gasteiger partial charge in [-0.05, 0) is 49.3 Å². The van der Waals surface area contributed by atoms with Gasteiger partial charge >= 0.3 is 0 Å². The summed E-state index contributed by atoms with van der Waals surface area (Å²) >= 11 is 6.08. The number of hydrogen-bond donors (Lipinski definition) is 1. The van der Waals surface area contributed by atoms with E-state index in [0.717, 1.165) is 12.4 Å². The van der Waals surface area contributed by atoms with Gasteiger partial charge in [-0.15, -0.1) is 11.6 Å². The monoisotopic (exact) mass is 265 g/mol. The van der Waals surface area contributed by atoms with Crippen molar-refractivity contribution in [1.29, 1.82) is 0 Å². The molecule has 1 N–H and O–H groups in total. The lowest BCUT2D eigenvalue weighted by Gasteiger charge is -2.31. The zero-order chi connectivity index (χ0) is 13.0. The average Bonchev–Trinajstić information content (AvgIpc) is 2.38. The van der Waals surface area contributed by atoms with Crippen LogP contribution in [0.25, 0.3) is 0 Å². The van der Waals surface area contributed by atoms with Crippen LogP contribution in [0.3, 0.4) is 0 Å². The Morgan fingerprint density at radius 3 is 2.50 bits per heavy atom. The summed E-state index contributed by atoms with van der Waals surface area (Å²) < 4.78 is 0. The summed E-state index contributed by atoms with van der Waals surface area (Å²) in [6, 6.07) is 7.14. The maximum Gasteiger partial charge on any atom is 0.0266 e. The van der Waals surface area contributed by atoms with E-state index in [-0.39, 0.29) is 0 Å². The molecule has 0 bridgehead atoms. The van der Waals surface area contributed by atoms with E-state index in [0.29, 0.717) is 12.0 Å². The molecule has 0 aliphatic heterocycles. The first-order valence-electron chi connectivity index (χ1n) is 7.07. The van der Waals surface area contributed by atoms with E-state index in [4.69, 9.17) is 11.6 Å². The summed E-state index contributed by atoms with van der Waals surface area (Å²) in [4.78, 5) is 0. The highest BCUT2D eigenvalue weighted by molar-refractivity contribution is 6.18. The molecule has 0 spiro atoms. The Bertz CT molecular complexity index is 368. The first kappa shape index (κ1) is 13.9. The van der Waals surface area contributed by atoms with Crippen molar-refractivity contribution in [3.05, 3.63) is 34.9 Å². The van der Waals surface area contributed by atoms with E-state index in [1.165, 1.54) is 42.4 Å². The van der Waals surface area contributed by atoms with Gasteiger partial charge in [0.2, 0.25) is 0 Å². The molecule has 1 aromatic rings. The Kier molecular flexibility index (Phi) is 5.08. The van der Waals surface area contributed by atoms with E-state index >= 15 is 0 Å². The van der Waals surface area contributed by atoms with Crippen LogP contribution >= 0.6 is 11.6 Å². The van der Waals surface area contributed by atoms with Crippen LogP contribution in [0.4, 0.5) is 0 Å². The third kappa shape index (κ3) is 3.27. The Morgan fingerprint density at radius 1 is 1.17 bits per heavy atom. The Morgan fingerprint density at radius 2 is 1.83 bits per heavy atom. The summed E-state index contributed by atoms with van der Waals surface area (Å²) in [6.07, 6.45) is 5.26. The van der Waals surface area contributed by atoms with Crippen LogP contribution in [0.15, 0.2) is 18.2 Å². The molecule has 2 heteroatoms. The Balaban J connectivity index is 1.98. The van der Waals surface area contributed by atoms with Gasteiger partial charge in [-0.1, -0.05) is 31.0 Å². The second-order valence-electron chi connectivity index (χ2n) is 5.56. The van der Waals surface area contributed by atoms with Gasteiger partial charge in [0.25, 0.3) is 0 Å². The molecule has 1 saturated carbocycles. The zero-order valence-corrected chi connectivity index (χ0v) is 12.3. The Labute approximate surface area is 116 Å². The maximum atomic E-state index is 6.08. The van der Waals surface area contributed by atoms with Crippen molar-refractivity contribution in [3.8, 4) is 0 Å². The van der Waals surface area contributed by atoms with E-state index in [9.17, 15) is 0 Å². The van der Waals surface area contributed by atoms with Crippen molar-refractivity contribution in [2.75, 3.05) is 5.88 Å². The van der Waals surface area contributed by atoms with Crippen LogP contribution in [-0.2, 0) is 6.54 Å². The topological polar surface area (TPSA) is 12.0 Å². The van der Waals surface area contributed by atoms with Crippen LogP contribution in [0.1, 0.15) is 42.4 Å². The molecule has 0 amide bonds. The number of hydrogen-bond acceptors (Lipinski definition) is 1. The zero-order valence-electron chi connectivity index (χ0n) is 11.5. The Hall–Kier alpha value is -0.530. The highest BCUT2D eigenvalue weighted by Crippen LogP contribution is 2.26. The minimum Gasteiger partial charge on any atom is -0.310 e. The minimum absolute atomic E-state index is 0.607. The molecule has 0 heterocycles. The van der Waals surface area contributed by atoms with Gasteiger partial charge in [0.1, 0.15) is 0 Å². The third-order valence-electron chi connectivity index (χ3n) is 4.29. The lowest BCUT2D eigenvalue weighted by molar-refractivity contribution is 0.282. The molecule has 18 heavy (non-hydrogen) atoms. The third-order valence-corrected chi connectivity index (χ3v) is 4.69. The molecule has 0 aromatic heterocycles. The quantitative estimate of drug-likeness (QED) is 0.805. The van der Waals surface area contributed by atoms with Crippen LogP contribution in [-0.4, -0.2) is 11.9 Å². The highest BCUT2D eigenvalue weighted by atomic mass is 35.5. The fraction of sp³-hybridized carbons (Fsp3) is 0.625. The van der Waals surface area contributed by atoms with Crippen molar-refractivity contribution in [3.63, 3.8) is 0 Å². The highest BCUT2D eigenvalue weighted by Gasteiger charge is 2.23. The van der Waals surface area contributed by atoms with Crippen LogP contribution in [0, 0.1) is 19.8 Å². The summed E-state index contributed by atoms with van der Waals surface area (Å²) in [6.45, 7) is 5.38. The van der Waals surface area contributed by atoms with Gasteiger partial charge in [0, 0.05) is 18.5 Å². The fourth-order valence-electron chi connectivity index (χ4n) is 3.02. The molecule has 2 rings (SSSR count). The van der Waals surface area contributed by atoms with Gasteiger partial charge in [-0.3, -0.25) is 0 Å². The predicted octanol–water partition coefficient (Wildman–Crippen LogP) is 4.19. The normalized spacial score (nSPS) is 24.2. The molecule has 2 atom stereocenters. The summed E-state index contributed by atoms with van der Waals surface area (Å²) in [5.41, 5.74) is 4.23. The standard InChI is InChI=1S/C16H24ClN/c1-12-6-5-7-13(2)15(12)11-18-16-9-4-3-8-14(16)10-17/h5-7,14,16,18H,3-4,8-11H2,1-2H3. The molecule has 1 aromatic carbocycles. The molecule has 1 fully saturated rings. The van der Waals surface area contributed by atoms with E-state index < -0.39 is 0 Å². The van der Waals surface area contributed by atoms with E-state index in [1.54, 1.807) is 0 Å². The van der Waals surface area contributed by atoms with Crippen LogP contribution in [0.5, 0.6) is 0 Å². The predicted molar refractivity (Wildman–Crippen MR) is 79.2 cm³/mol. The summed E-state index contributed by atoms with van der Waals surface area (Å²) in [7, 11) is 0. The molecule has 100 valence electrons. The number of alkyl halides is 1. The molecule has 0 saturated heterocycles.